The average Bonchev–Trinajstić information content (AvgIpc) is 2.31. The maximum Gasteiger partial charge on any atom is 0.335 e. The lowest BCUT2D eigenvalue weighted by Gasteiger charge is -2.24. The first-order chi connectivity index (χ1) is 7.77. The molecular weight excluding hydrogens is 208 g/mol. The molecule has 0 bridgehead atoms. The molecule has 0 radical (unpaired) electrons. The smallest absolute Gasteiger partial charge is 0.335 e. The quantitative estimate of drug-likeness (QED) is 0.654. The largest absolute Gasteiger partial charge is 0.464 e. The lowest BCUT2D eigenvalue weighted by molar-refractivity contribution is -0.160. The third-order valence-corrected chi connectivity index (χ3v) is 2.68. The molecule has 4 nitrogen and oxygen atoms in total. The van der Waals surface area contributed by atoms with Gasteiger partial charge in [-0.05, 0) is 32.6 Å². The number of carbonyl (C=O) groups excluding carboxylic acids is 1. The van der Waals surface area contributed by atoms with E-state index in [1.807, 2.05) is 6.92 Å². The Labute approximate surface area is 97.2 Å². The number of rotatable bonds is 6. The fraction of sp³-hybridized carbons (Fsp3) is 0.917. The predicted octanol–water partition coefficient (Wildman–Crippen LogP) is 1.91. The van der Waals surface area contributed by atoms with Crippen LogP contribution >= 0.6 is 0 Å². The summed E-state index contributed by atoms with van der Waals surface area (Å²) in [6, 6.07) is 0. The van der Waals surface area contributed by atoms with Gasteiger partial charge in [0.15, 0.2) is 6.10 Å². The van der Waals surface area contributed by atoms with Crippen molar-refractivity contribution < 1.29 is 19.0 Å². The van der Waals surface area contributed by atoms with Crippen LogP contribution in [0.15, 0.2) is 0 Å². The second-order valence-corrected chi connectivity index (χ2v) is 3.97. The van der Waals surface area contributed by atoms with Crippen LogP contribution in [0.5, 0.6) is 0 Å². The Kier molecular flexibility index (Phi) is 6.42. The van der Waals surface area contributed by atoms with Crippen LogP contribution in [0.1, 0.15) is 39.5 Å². The minimum absolute atomic E-state index is 0.150. The summed E-state index contributed by atoms with van der Waals surface area (Å²) in [5.41, 5.74) is 0. The van der Waals surface area contributed by atoms with Crippen molar-refractivity contribution in [3.8, 4) is 0 Å². The number of hydrogen-bond donors (Lipinski definition) is 0. The predicted molar refractivity (Wildman–Crippen MR) is 60.3 cm³/mol. The van der Waals surface area contributed by atoms with E-state index >= 15 is 0 Å². The standard InChI is InChI=1S/C12H22O4/c1-3-11(12(13)14-4-2)16-9-10-7-5-6-8-15-10/h10-11H,3-9H2,1-2H3. The third kappa shape index (κ3) is 4.49. The molecule has 16 heavy (non-hydrogen) atoms. The highest BCUT2D eigenvalue weighted by atomic mass is 16.6. The topological polar surface area (TPSA) is 44.8 Å². The Morgan fingerprint density at radius 2 is 2.25 bits per heavy atom. The van der Waals surface area contributed by atoms with E-state index in [0.717, 1.165) is 19.4 Å². The molecule has 1 fully saturated rings. The van der Waals surface area contributed by atoms with Crippen molar-refractivity contribution >= 4 is 5.97 Å². The molecular formula is C12H22O4. The molecule has 1 rings (SSSR count). The molecule has 1 saturated heterocycles. The molecule has 0 aliphatic carbocycles. The van der Waals surface area contributed by atoms with Crippen molar-refractivity contribution in [3.63, 3.8) is 0 Å². The van der Waals surface area contributed by atoms with Gasteiger partial charge in [-0.3, -0.25) is 0 Å². The van der Waals surface area contributed by atoms with Gasteiger partial charge in [-0.1, -0.05) is 6.92 Å². The first-order valence-corrected chi connectivity index (χ1v) is 6.17. The first-order valence-electron chi connectivity index (χ1n) is 6.17. The zero-order chi connectivity index (χ0) is 11.8. The zero-order valence-electron chi connectivity index (χ0n) is 10.2. The molecule has 1 heterocycles. The van der Waals surface area contributed by atoms with Gasteiger partial charge in [0.25, 0.3) is 0 Å². The Morgan fingerprint density at radius 3 is 2.81 bits per heavy atom. The summed E-state index contributed by atoms with van der Waals surface area (Å²) in [5, 5.41) is 0. The number of ether oxygens (including phenoxy) is 3. The molecule has 2 unspecified atom stereocenters. The van der Waals surface area contributed by atoms with Crippen LogP contribution in [0.4, 0.5) is 0 Å². The van der Waals surface area contributed by atoms with Gasteiger partial charge in [0.2, 0.25) is 0 Å². The van der Waals surface area contributed by atoms with Crippen LogP contribution in [0.25, 0.3) is 0 Å². The number of carbonyl (C=O) groups is 1. The summed E-state index contributed by atoms with van der Waals surface area (Å²) in [6.07, 6.45) is 3.70. The lowest BCUT2D eigenvalue weighted by Crippen LogP contribution is -2.32. The van der Waals surface area contributed by atoms with Crippen molar-refractivity contribution in [1.29, 1.82) is 0 Å². The molecule has 0 aromatic carbocycles. The molecule has 94 valence electrons. The van der Waals surface area contributed by atoms with Crippen LogP contribution in [-0.4, -0.2) is 38.0 Å². The highest BCUT2D eigenvalue weighted by molar-refractivity contribution is 5.74. The van der Waals surface area contributed by atoms with Crippen molar-refractivity contribution in [1.82, 2.24) is 0 Å². The molecule has 0 aromatic heterocycles. The zero-order valence-corrected chi connectivity index (χ0v) is 10.2. The van der Waals surface area contributed by atoms with Gasteiger partial charge in [-0.2, -0.15) is 0 Å². The highest BCUT2D eigenvalue weighted by Crippen LogP contribution is 2.14. The summed E-state index contributed by atoms with van der Waals surface area (Å²) in [7, 11) is 0. The van der Waals surface area contributed by atoms with E-state index in [1.54, 1.807) is 6.92 Å². The number of esters is 1. The minimum Gasteiger partial charge on any atom is -0.464 e. The molecule has 0 saturated carbocycles. The van der Waals surface area contributed by atoms with Crippen LogP contribution < -0.4 is 0 Å². The Hall–Kier alpha value is -0.610. The maximum atomic E-state index is 11.5. The van der Waals surface area contributed by atoms with Crippen LogP contribution in [0.2, 0.25) is 0 Å². The second kappa shape index (κ2) is 7.63. The van der Waals surface area contributed by atoms with E-state index < -0.39 is 6.10 Å². The van der Waals surface area contributed by atoms with Crippen LogP contribution in [0.3, 0.4) is 0 Å². The van der Waals surface area contributed by atoms with Gasteiger partial charge in [0.1, 0.15) is 0 Å². The average molecular weight is 230 g/mol. The van der Waals surface area contributed by atoms with Crippen molar-refractivity contribution in [2.24, 2.45) is 0 Å². The Morgan fingerprint density at radius 1 is 1.44 bits per heavy atom. The summed E-state index contributed by atoms with van der Waals surface area (Å²) in [6.45, 7) is 5.43. The fourth-order valence-corrected chi connectivity index (χ4v) is 1.75. The molecule has 0 aromatic rings. The van der Waals surface area contributed by atoms with Crippen molar-refractivity contribution in [2.75, 3.05) is 19.8 Å². The normalized spacial score (nSPS) is 22.8. The van der Waals surface area contributed by atoms with Gasteiger partial charge in [-0.15, -0.1) is 0 Å². The van der Waals surface area contributed by atoms with Crippen molar-refractivity contribution in [3.05, 3.63) is 0 Å². The van der Waals surface area contributed by atoms with Gasteiger partial charge < -0.3 is 14.2 Å². The third-order valence-electron chi connectivity index (χ3n) is 2.68. The maximum absolute atomic E-state index is 11.5. The molecule has 0 spiro atoms. The molecule has 4 heteroatoms. The summed E-state index contributed by atoms with van der Waals surface area (Å²) in [4.78, 5) is 11.5. The van der Waals surface area contributed by atoms with Gasteiger partial charge in [0.05, 0.1) is 19.3 Å². The highest BCUT2D eigenvalue weighted by Gasteiger charge is 2.21. The van der Waals surface area contributed by atoms with E-state index in [1.165, 1.54) is 6.42 Å². The van der Waals surface area contributed by atoms with E-state index in [-0.39, 0.29) is 12.1 Å². The van der Waals surface area contributed by atoms with Crippen LogP contribution in [0, 0.1) is 0 Å². The van der Waals surface area contributed by atoms with Gasteiger partial charge in [0, 0.05) is 6.61 Å². The van der Waals surface area contributed by atoms with E-state index in [0.29, 0.717) is 19.6 Å². The van der Waals surface area contributed by atoms with E-state index in [9.17, 15) is 4.79 Å². The summed E-state index contributed by atoms with van der Waals surface area (Å²) >= 11 is 0. The van der Waals surface area contributed by atoms with E-state index in [2.05, 4.69) is 0 Å². The minimum atomic E-state index is -0.439. The Balaban J connectivity index is 2.24. The van der Waals surface area contributed by atoms with Crippen molar-refractivity contribution in [2.45, 2.75) is 51.7 Å². The molecule has 1 aliphatic heterocycles. The lowest BCUT2D eigenvalue weighted by atomic mass is 10.1. The van der Waals surface area contributed by atoms with Crippen LogP contribution in [-0.2, 0) is 19.0 Å². The van der Waals surface area contributed by atoms with Gasteiger partial charge >= 0.3 is 5.97 Å². The summed E-state index contributed by atoms with van der Waals surface area (Å²) < 4.78 is 16.0. The molecule has 2 atom stereocenters. The second-order valence-electron chi connectivity index (χ2n) is 3.97. The van der Waals surface area contributed by atoms with Gasteiger partial charge in [-0.25, -0.2) is 4.79 Å². The molecule has 0 N–H and O–H groups in total. The fourth-order valence-electron chi connectivity index (χ4n) is 1.75. The monoisotopic (exact) mass is 230 g/mol. The molecule has 0 amide bonds. The number of hydrogen-bond acceptors (Lipinski definition) is 4. The Bertz CT molecular complexity index is 199. The summed E-state index contributed by atoms with van der Waals surface area (Å²) in [5.74, 6) is -0.263. The molecule has 1 aliphatic rings. The van der Waals surface area contributed by atoms with E-state index in [4.69, 9.17) is 14.2 Å². The SMILES string of the molecule is CCOC(=O)C(CC)OCC1CCCCO1. The first kappa shape index (κ1) is 13.5.